The summed E-state index contributed by atoms with van der Waals surface area (Å²) < 4.78 is 46.6. The van der Waals surface area contributed by atoms with Gasteiger partial charge in [0.15, 0.2) is 6.10 Å². The Balaban J connectivity index is 2.14. The van der Waals surface area contributed by atoms with E-state index in [1.54, 1.807) is 0 Å². The van der Waals surface area contributed by atoms with Crippen molar-refractivity contribution in [3.05, 3.63) is 35.6 Å². The van der Waals surface area contributed by atoms with Gasteiger partial charge in [0.1, 0.15) is 5.58 Å². The highest BCUT2D eigenvalue weighted by molar-refractivity contribution is 5.91. The summed E-state index contributed by atoms with van der Waals surface area (Å²) in [4.78, 5) is 10.7. The van der Waals surface area contributed by atoms with E-state index in [9.17, 15) is 18.0 Å². The van der Waals surface area contributed by atoms with Crippen LogP contribution in [0, 0.1) is 0 Å². The van der Waals surface area contributed by atoms with Gasteiger partial charge in [-0.25, -0.2) is 4.79 Å². The molecule has 0 fully saturated rings. The molecule has 2 rings (SSSR count). The van der Waals surface area contributed by atoms with Crippen LogP contribution in [-0.2, 0) is 11.3 Å². The zero-order valence-corrected chi connectivity index (χ0v) is 10.4. The highest BCUT2D eigenvalue weighted by Crippen LogP contribution is 2.25. The summed E-state index contributed by atoms with van der Waals surface area (Å²) >= 11 is 0. The first-order valence-electron chi connectivity index (χ1n) is 5.71. The fourth-order valence-corrected chi connectivity index (χ4v) is 1.60. The summed E-state index contributed by atoms with van der Waals surface area (Å²) in [5.41, 5.74) is 0.862. The van der Waals surface area contributed by atoms with Crippen LogP contribution in [0.3, 0.4) is 0 Å². The van der Waals surface area contributed by atoms with Crippen molar-refractivity contribution < 1.29 is 32.2 Å². The first kappa shape index (κ1) is 14.4. The van der Waals surface area contributed by atoms with E-state index in [1.807, 2.05) is 0 Å². The van der Waals surface area contributed by atoms with Gasteiger partial charge in [-0.2, -0.15) is 13.2 Å². The van der Waals surface area contributed by atoms with E-state index in [4.69, 9.17) is 14.3 Å². The average Bonchev–Trinajstić information content (AvgIpc) is 2.77. The van der Waals surface area contributed by atoms with E-state index in [0.717, 1.165) is 6.92 Å². The summed E-state index contributed by atoms with van der Waals surface area (Å²) in [6.07, 6.45) is -6.27. The van der Waals surface area contributed by atoms with E-state index in [-0.39, 0.29) is 12.4 Å². The van der Waals surface area contributed by atoms with Crippen molar-refractivity contribution in [3.8, 4) is 0 Å². The SMILES string of the molecule is CC(OCc1ccc2oc(C(=O)O)cc2c1)C(F)(F)F. The molecule has 1 aromatic heterocycles. The van der Waals surface area contributed by atoms with Gasteiger partial charge in [0, 0.05) is 5.39 Å². The molecule has 0 aliphatic heterocycles. The number of furan rings is 1. The highest BCUT2D eigenvalue weighted by Gasteiger charge is 2.36. The van der Waals surface area contributed by atoms with E-state index in [1.165, 1.54) is 24.3 Å². The van der Waals surface area contributed by atoms with E-state index < -0.39 is 18.2 Å². The maximum atomic E-state index is 12.3. The number of ether oxygens (including phenoxy) is 1. The molecule has 20 heavy (non-hydrogen) atoms. The number of hydrogen-bond acceptors (Lipinski definition) is 3. The van der Waals surface area contributed by atoms with Gasteiger partial charge in [-0.15, -0.1) is 0 Å². The van der Waals surface area contributed by atoms with Crippen molar-refractivity contribution >= 4 is 16.9 Å². The monoisotopic (exact) mass is 288 g/mol. The Morgan fingerprint density at radius 3 is 2.70 bits per heavy atom. The zero-order valence-electron chi connectivity index (χ0n) is 10.4. The van der Waals surface area contributed by atoms with Crippen molar-refractivity contribution in [2.24, 2.45) is 0 Å². The second kappa shape index (κ2) is 5.16. The Bertz CT molecular complexity index is 630. The maximum absolute atomic E-state index is 12.3. The minimum atomic E-state index is -4.41. The van der Waals surface area contributed by atoms with Crippen LogP contribution in [0.4, 0.5) is 13.2 Å². The number of fused-ring (bicyclic) bond motifs is 1. The fraction of sp³-hybridized carbons (Fsp3) is 0.308. The molecule has 0 aliphatic carbocycles. The molecule has 7 heteroatoms. The number of carbonyl (C=O) groups is 1. The molecule has 0 saturated carbocycles. The van der Waals surface area contributed by atoms with E-state index in [0.29, 0.717) is 16.5 Å². The molecular formula is C13H11F3O4. The van der Waals surface area contributed by atoms with Crippen LogP contribution in [-0.4, -0.2) is 23.4 Å². The Morgan fingerprint density at radius 1 is 1.40 bits per heavy atom. The van der Waals surface area contributed by atoms with Gasteiger partial charge >= 0.3 is 12.1 Å². The number of hydrogen-bond donors (Lipinski definition) is 1. The van der Waals surface area contributed by atoms with Crippen LogP contribution in [0.1, 0.15) is 23.0 Å². The van der Waals surface area contributed by atoms with Gasteiger partial charge in [-0.3, -0.25) is 0 Å². The van der Waals surface area contributed by atoms with Crippen LogP contribution in [0.5, 0.6) is 0 Å². The topological polar surface area (TPSA) is 59.7 Å². The van der Waals surface area contributed by atoms with Gasteiger partial charge in [0.05, 0.1) is 6.61 Å². The summed E-state index contributed by atoms with van der Waals surface area (Å²) in [5.74, 6) is -1.42. The Hall–Kier alpha value is -2.02. The molecule has 0 spiro atoms. The molecule has 1 heterocycles. The van der Waals surface area contributed by atoms with Crippen LogP contribution in [0.2, 0.25) is 0 Å². The van der Waals surface area contributed by atoms with Gasteiger partial charge < -0.3 is 14.3 Å². The van der Waals surface area contributed by atoms with Crippen molar-refractivity contribution in [2.75, 3.05) is 0 Å². The Kier molecular flexibility index (Phi) is 3.71. The lowest BCUT2D eigenvalue weighted by Crippen LogP contribution is -2.28. The molecule has 0 saturated heterocycles. The summed E-state index contributed by atoms with van der Waals surface area (Å²) in [5, 5.41) is 9.28. The minimum absolute atomic E-state index is 0.218. The Morgan fingerprint density at radius 2 is 2.10 bits per heavy atom. The quantitative estimate of drug-likeness (QED) is 0.933. The van der Waals surface area contributed by atoms with Gasteiger partial charge in [0.25, 0.3) is 0 Å². The largest absolute Gasteiger partial charge is 0.475 e. The molecule has 1 N–H and O–H groups in total. The fourth-order valence-electron chi connectivity index (χ4n) is 1.60. The molecule has 0 radical (unpaired) electrons. The number of alkyl halides is 3. The zero-order chi connectivity index (χ0) is 14.9. The first-order valence-corrected chi connectivity index (χ1v) is 5.71. The molecular weight excluding hydrogens is 277 g/mol. The molecule has 0 amide bonds. The molecule has 0 bridgehead atoms. The van der Waals surface area contributed by atoms with Crippen LogP contribution in [0.25, 0.3) is 11.0 Å². The van der Waals surface area contributed by atoms with Crippen molar-refractivity contribution in [2.45, 2.75) is 25.8 Å². The number of carboxylic acids is 1. The van der Waals surface area contributed by atoms with Crippen molar-refractivity contribution in [1.29, 1.82) is 0 Å². The van der Waals surface area contributed by atoms with Gasteiger partial charge in [-0.1, -0.05) is 6.07 Å². The average molecular weight is 288 g/mol. The smallest absolute Gasteiger partial charge is 0.414 e. The highest BCUT2D eigenvalue weighted by atomic mass is 19.4. The van der Waals surface area contributed by atoms with Crippen LogP contribution >= 0.6 is 0 Å². The van der Waals surface area contributed by atoms with Crippen LogP contribution in [0.15, 0.2) is 28.7 Å². The molecule has 1 unspecified atom stereocenters. The summed E-state index contributed by atoms with van der Waals surface area (Å²) in [6, 6.07) is 5.88. The lowest BCUT2D eigenvalue weighted by molar-refractivity contribution is -0.217. The van der Waals surface area contributed by atoms with E-state index >= 15 is 0 Å². The second-order valence-electron chi connectivity index (χ2n) is 4.28. The normalized spacial score (nSPS) is 13.6. The molecule has 1 atom stereocenters. The molecule has 0 aliphatic rings. The van der Waals surface area contributed by atoms with Crippen molar-refractivity contribution in [3.63, 3.8) is 0 Å². The number of rotatable bonds is 4. The third-order valence-corrected chi connectivity index (χ3v) is 2.75. The number of aromatic carboxylic acids is 1. The summed E-state index contributed by atoms with van der Waals surface area (Å²) in [7, 11) is 0. The molecule has 1 aromatic carbocycles. The molecule has 2 aromatic rings. The predicted octanol–water partition coefficient (Wildman–Crippen LogP) is 3.60. The van der Waals surface area contributed by atoms with Gasteiger partial charge in [0.2, 0.25) is 5.76 Å². The second-order valence-corrected chi connectivity index (χ2v) is 4.28. The third kappa shape index (κ3) is 3.11. The Labute approximate surface area is 111 Å². The summed E-state index contributed by atoms with van der Waals surface area (Å²) in [6.45, 7) is 0.711. The predicted molar refractivity (Wildman–Crippen MR) is 63.5 cm³/mol. The number of halogens is 3. The maximum Gasteiger partial charge on any atom is 0.414 e. The lowest BCUT2D eigenvalue weighted by Gasteiger charge is -2.16. The van der Waals surface area contributed by atoms with Crippen LogP contribution < -0.4 is 0 Å². The lowest BCUT2D eigenvalue weighted by atomic mass is 10.1. The standard InChI is InChI=1S/C13H11F3O4/c1-7(13(14,15)16)19-6-8-2-3-10-9(4-8)5-11(20-10)12(17)18/h2-5,7H,6H2,1H3,(H,17,18). The molecule has 108 valence electrons. The number of carboxylic acid groups (broad SMARTS) is 1. The molecule has 4 nitrogen and oxygen atoms in total. The first-order chi connectivity index (χ1) is 9.27. The van der Waals surface area contributed by atoms with Gasteiger partial charge in [-0.05, 0) is 30.7 Å². The number of benzene rings is 1. The van der Waals surface area contributed by atoms with Crippen molar-refractivity contribution in [1.82, 2.24) is 0 Å². The third-order valence-electron chi connectivity index (χ3n) is 2.75. The minimum Gasteiger partial charge on any atom is -0.475 e. The van der Waals surface area contributed by atoms with E-state index in [2.05, 4.69) is 0 Å².